The first-order valence-corrected chi connectivity index (χ1v) is 7.81. The number of pyridine rings is 1. The number of hydrogen-bond acceptors (Lipinski definition) is 3. The Kier molecular flexibility index (Phi) is 5.03. The van der Waals surface area contributed by atoms with Crippen LogP contribution >= 0.6 is 0 Å². The van der Waals surface area contributed by atoms with Crippen LogP contribution in [-0.2, 0) is 6.54 Å². The zero-order chi connectivity index (χ0) is 14.6. The molecule has 0 atom stereocenters. The van der Waals surface area contributed by atoms with Gasteiger partial charge in [0.25, 0.3) is 0 Å². The lowest BCUT2D eigenvalue weighted by Crippen LogP contribution is -2.31. The van der Waals surface area contributed by atoms with E-state index >= 15 is 0 Å². The van der Waals surface area contributed by atoms with Crippen molar-refractivity contribution in [1.82, 2.24) is 10.3 Å². The quantitative estimate of drug-likeness (QED) is 0.859. The second-order valence-electron chi connectivity index (χ2n) is 6.21. The lowest BCUT2D eigenvalue weighted by atomic mass is 9.83. The van der Waals surface area contributed by atoms with Crippen molar-refractivity contribution in [2.75, 3.05) is 13.7 Å². The SMILES string of the molecule is CCC1(CNCc2ncc(C)c(OC)c2C)CCCC1. The van der Waals surface area contributed by atoms with Gasteiger partial charge < -0.3 is 10.1 Å². The number of aromatic nitrogens is 1. The first-order valence-electron chi connectivity index (χ1n) is 7.81. The number of nitrogens with one attached hydrogen (secondary N) is 1. The van der Waals surface area contributed by atoms with E-state index in [4.69, 9.17) is 4.74 Å². The summed E-state index contributed by atoms with van der Waals surface area (Å²) in [5, 5.41) is 3.63. The Bertz CT molecular complexity index is 451. The molecule has 3 heteroatoms. The van der Waals surface area contributed by atoms with Crippen molar-refractivity contribution >= 4 is 0 Å². The van der Waals surface area contributed by atoms with Gasteiger partial charge in [-0.1, -0.05) is 19.8 Å². The van der Waals surface area contributed by atoms with E-state index in [9.17, 15) is 0 Å². The van der Waals surface area contributed by atoms with Crippen molar-refractivity contribution in [3.63, 3.8) is 0 Å². The largest absolute Gasteiger partial charge is 0.496 e. The van der Waals surface area contributed by atoms with Gasteiger partial charge in [-0.15, -0.1) is 0 Å². The number of methoxy groups -OCH3 is 1. The molecule has 0 bridgehead atoms. The van der Waals surface area contributed by atoms with Crippen LogP contribution in [0.5, 0.6) is 5.75 Å². The van der Waals surface area contributed by atoms with Crippen LogP contribution in [0.1, 0.15) is 55.8 Å². The first-order chi connectivity index (χ1) is 9.62. The maximum Gasteiger partial charge on any atom is 0.128 e. The molecule has 3 nitrogen and oxygen atoms in total. The molecule has 0 saturated heterocycles. The average Bonchev–Trinajstić information content (AvgIpc) is 2.91. The zero-order valence-electron chi connectivity index (χ0n) is 13.4. The Morgan fingerprint density at radius 3 is 2.60 bits per heavy atom. The smallest absolute Gasteiger partial charge is 0.128 e. The Morgan fingerprint density at radius 2 is 2.00 bits per heavy atom. The molecular formula is C17H28N2O. The molecule has 1 saturated carbocycles. The summed E-state index contributed by atoms with van der Waals surface area (Å²) in [7, 11) is 1.73. The predicted octanol–water partition coefficient (Wildman–Crippen LogP) is 3.77. The molecule has 0 unspecified atom stereocenters. The first kappa shape index (κ1) is 15.3. The summed E-state index contributed by atoms with van der Waals surface area (Å²) in [4.78, 5) is 4.56. The normalized spacial score (nSPS) is 17.4. The van der Waals surface area contributed by atoms with Gasteiger partial charge in [0, 0.05) is 30.4 Å². The highest BCUT2D eigenvalue weighted by Crippen LogP contribution is 2.40. The number of hydrogen-bond donors (Lipinski definition) is 1. The molecule has 1 N–H and O–H groups in total. The van der Waals surface area contributed by atoms with Crippen molar-refractivity contribution in [2.24, 2.45) is 5.41 Å². The van der Waals surface area contributed by atoms with Crippen molar-refractivity contribution in [2.45, 2.75) is 59.4 Å². The van der Waals surface area contributed by atoms with E-state index in [0.717, 1.165) is 35.7 Å². The summed E-state index contributed by atoms with van der Waals surface area (Å²) in [5.41, 5.74) is 3.91. The lowest BCUT2D eigenvalue weighted by Gasteiger charge is -2.28. The minimum absolute atomic E-state index is 0.530. The second kappa shape index (κ2) is 6.57. The number of rotatable bonds is 6. The lowest BCUT2D eigenvalue weighted by molar-refractivity contribution is 0.267. The Labute approximate surface area is 123 Å². The molecule has 0 aliphatic heterocycles. The molecule has 20 heavy (non-hydrogen) atoms. The zero-order valence-corrected chi connectivity index (χ0v) is 13.4. The van der Waals surface area contributed by atoms with Crippen LogP contribution < -0.4 is 10.1 Å². The molecular weight excluding hydrogens is 248 g/mol. The average molecular weight is 276 g/mol. The van der Waals surface area contributed by atoms with Gasteiger partial charge in [-0.25, -0.2) is 0 Å². The summed E-state index contributed by atoms with van der Waals surface area (Å²) in [6, 6.07) is 0. The van der Waals surface area contributed by atoms with E-state index in [1.54, 1.807) is 7.11 Å². The van der Waals surface area contributed by atoms with Gasteiger partial charge in [0.05, 0.1) is 12.8 Å². The molecule has 0 aromatic carbocycles. The van der Waals surface area contributed by atoms with Gasteiger partial charge in [0.15, 0.2) is 0 Å². The molecule has 112 valence electrons. The number of ether oxygens (including phenoxy) is 1. The van der Waals surface area contributed by atoms with Crippen molar-refractivity contribution in [3.05, 3.63) is 23.0 Å². The Balaban J connectivity index is 1.97. The van der Waals surface area contributed by atoms with Crippen molar-refractivity contribution in [3.8, 4) is 5.75 Å². The third kappa shape index (κ3) is 3.14. The molecule has 0 radical (unpaired) electrons. The second-order valence-corrected chi connectivity index (χ2v) is 6.21. The molecule has 1 fully saturated rings. The standard InChI is InChI=1S/C17H28N2O/c1-5-17(8-6-7-9-17)12-18-11-15-14(3)16(20-4)13(2)10-19-15/h10,18H,5-9,11-12H2,1-4H3. The molecule has 1 aromatic heterocycles. The minimum atomic E-state index is 0.530. The highest BCUT2D eigenvalue weighted by molar-refractivity contribution is 5.40. The summed E-state index contributed by atoms with van der Waals surface area (Å²) in [6.07, 6.45) is 8.73. The van der Waals surface area contributed by atoms with Crippen molar-refractivity contribution in [1.29, 1.82) is 0 Å². The van der Waals surface area contributed by atoms with Crippen LogP contribution in [0.4, 0.5) is 0 Å². The Hall–Kier alpha value is -1.09. The van der Waals surface area contributed by atoms with Gasteiger partial charge in [-0.05, 0) is 38.5 Å². The van der Waals surface area contributed by atoms with E-state index in [0.29, 0.717) is 5.41 Å². The molecule has 1 heterocycles. The molecule has 1 aromatic rings. The Morgan fingerprint density at radius 1 is 1.30 bits per heavy atom. The molecule has 2 rings (SSSR count). The summed E-state index contributed by atoms with van der Waals surface area (Å²) in [6.45, 7) is 8.41. The van der Waals surface area contributed by atoms with Gasteiger partial charge in [0.1, 0.15) is 5.75 Å². The van der Waals surface area contributed by atoms with Gasteiger partial charge >= 0.3 is 0 Å². The highest BCUT2D eigenvalue weighted by atomic mass is 16.5. The van der Waals surface area contributed by atoms with Crippen molar-refractivity contribution < 1.29 is 4.74 Å². The molecule has 1 aliphatic rings. The van der Waals surface area contributed by atoms with E-state index in [1.807, 2.05) is 13.1 Å². The predicted molar refractivity (Wildman–Crippen MR) is 83.2 cm³/mol. The fourth-order valence-corrected chi connectivity index (χ4v) is 3.48. The van der Waals surface area contributed by atoms with E-state index in [2.05, 4.69) is 24.1 Å². The van der Waals surface area contributed by atoms with Crippen LogP contribution in [0.3, 0.4) is 0 Å². The third-order valence-electron chi connectivity index (χ3n) is 4.96. The van der Waals surface area contributed by atoms with Crippen LogP contribution in [0.2, 0.25) is 0 Å². The van der Waals surface area contributed by atoms with Crippen LogP contribution in [0.15, 0.2) is 6.20 Å². The fourth-order valence-electron chi connectivity index (χ4n) is 3.48. The van der Waals surface area contributed by atoms with E-state index in [1.165, 1.54) is 32.1 Å². The third-order valence-corrected chi connectivity index (χ3v) is 4.96. The minimum Gasteiger partial charge on any atom is -0.496 e. The van der Waals surface area contributed by atoms with E-state index < -0.39 is 0 Å². The highest BCUT2D eigenvalue weighted by Gasteiger charge is 2.31. The summed E-state index contributed by atoms with van der Waals surface area (Å²) >= 11 is 0. The maximum atomic E-state index is 5.47. The number of nitrogens with zero attached hydrogens (tertiary/aromatic N) is 1. The monoisotopic (exact) mass is 276 g/mol. The molecule has 0 spiro atoms. The van der Waals surface area contributed by atoms with Gasteiger partial charge in [0.2, 0.25) is 0 Å². The topological polar surface area (TPSA) is 34.2 Å². The van der Waals surface area contributed by atoms with Gasteiger partial charge in [-0.3, -0.25) is 4.98 Å². The summed E-state index contributed by atoms with van der Waals surface area (Å²) in [5.74, 6) is 0.975. The van der Waals surface area contributed by atoms with Crippen LogP contribution in [0, 0.1) is 19.3 Å². The van der Waals surface area contributed by atoms with Crippen LogP contribution in [0.25, 0.3) is 0 Å². The van der Waals surface area contributed by atoms with Gasteiger partial charge in [-0.2, -0.15) is 0 Å². The van der Waals surface area contributed by atoms with E-state index in [-0.39, 0.29) is 0 Å². The molecule has 1 aliphatic carbocycles. The fraction of sp³-hybridized carbons (Fsp3) is 0.706. The summed E-state index contributed by atoms with van der Waals surface area (Å²) < 4.78 is 5.47. The van der Waals surface area contributed by atoms with Crippen LogP contribution in [-0.4, -0.2) is 18.6 Å². The molecule has 0 amide bonds. The number of aryl methyl sites for hydroxylation is 1. The maximum absolute atomic E-state index is 5.47.